The molecule has 158 valence electrons. The first-order chi connectivity index (χ1) is 14.0. The minimum Gasteiger partial charge on any atom is -0.391 e. The number of aldehydes is 1. The van der Waals surface area contributed by atoms with Gasteiger partial charge in [0.05, 0.1) is 23.2 Å². The van der Waals surface area contributed by atoms with Gasteiger partial charge in [-0.25, -0.2) is 4.98 Å². The topological polar surface area (TPSA) is 103 Å². The first-order valence-electron chi connectivity index (χ1n) is 9.48. The van der Waals surface area contributed by atoms with E-state index >= 15 is 0 Å². The Hall–Kier alpha value is -1.81. The molecule has 0 saturated carbocycles. The third kappa shape index (κ3) is 7.18. The number of carbonyl (C=O) groups excluding carboxylic acids is 2. The van der Waals surface area contributed by atoms with Crippen molar-refractivity contribution in [2.45, 2.75) is 44.9 Å². The molecule has 4 N–H and O–H groups in total. The third-order valence-corrected chi connectivity index (χ3v) is 6.36. The van der Waals surface area contributed by atoms with E-state index in [-0.39, 0.29) is 25.0 Å². The van der Waals surface area contributed by atoms with Crippen molar-refractivity contribution in [2.24, 2.45) is 0 Å². The van der Waals surface area contributed by atoms with Crippen LogP contribution in [0.25, 0.3) is 0 Å². The van der Waals surface area contributed by atoms with Crippen LogP contribution in [-0.2, 0) is 16.2 Å². The molecule has 1 aliphatic rings. The van der Waals surface area contributed by atoms with Crippen LogP contribution < -0.4 is 16.0 Å². The van der Waals surface area contributed by atoms with E-state index in [4.69, 9.17) is 0 Å². The van der Waals surface area contributed by atoms with E-state index < -0.39 is 5.91 Å². The number of carbonyl (C=O) groups is 2. The fraction of sp³-hybridized carbons (Fsp3) is 0.450. The van der Waals surface area contributed by atoms with Crippen LogP contribution in [0.3, 0.4) is 0 Å². The van der Waals surface area contributed by atoms with Gasteiger partial charge >= 0.3 is 0 Å². The Balaban J connectivity index is 0.000000278. The van der Waals surface area contributed by atoms with Crippen LogP contribution in [0.5, 0.6) is 0 Å². The van der Waals surface area contributed by atoms with Gasteiger partial charge in [-0.1, -0.05) is 22.4 Å². The Labute approximate surface area is 183 Å². The lowest BCUT2D eigenvalue weighted by Gasteiger charge is -2.30. The first kappa shape index (κ1) is 23.5. The second kappa shape index (κ2) is 12.0. The lowest BCUT2D eigenvalue weighted by molar-refractivity contribution is -0.132. The maximum Gasteiger partial charge on any atom is 0.284 e. The summed E-state index contributed by atoms with van der Waals surface area (Å²) in [6, 6.07) is 7.80. The van der Waals surface area contributed by atoms with E-state index in [2.05, 4.69) is 36.9 Å². The van der Waals surface area contributed by atoms with Crippen molar-refractivity contribution in [3.05, 3.63) is 44.3 Å². The maximum atomic E-state index is 11.4. The second-order valence-electron chi connectivity index (χ2n) is 6.64. The Kier molecular flexibility index (Phi) is 9.72. The maximum absolute atomic E-state index is 11.4. The summed E-state index contributed by atoms with van der Waals surface area (Å²) in [7, 11) is 1.91. The van der Waals surface area contributed by atoms with Gasteiger partial charge in [-0.3, -0.25) is 9.59 Å². The summed E-state index contributed by atoms with van der Waals surface area (Å²) in [4.78, 5) is 27.2. The molecule has 0 spiro atoms. The van der Waals surface area contributed by atoms with E-state index in [1.807, 2.05) is 38.2 Å². The predicted molar refractivity (Wildman–Crippen MR) is 119 cm³/mol. The number of nitrogens with one attached hydrogen (secondary N) is 3. The van der Waals surface area contributed by atoms with Crippen molar-refractivity contribution in [1.82, 2.24) is 15.6 Å². The zero-order valence-electron chi connectivity index (χ0n) is 16.6. The average Bonchev–Trinajstić information content (AvgIpc) is 3.13. The number of aromatic nitrogens is 1. The molecule has 1 aliphatic heterocycles. The quantitative estimate of drug-likeness (QED) is 0.372. The molecule has 0 bridgehead atoms. The highest BCUT2D eigenvalue weighted by Crippen LogP contribution is 2.28. The summed E-state index contributed by atoms with van der Waals surface area (Å²) >= 11 is 4.73. The zero-order valence-corrected chi connectivity index (χ0v) is 19.0. The number of aliphatic hydroxyl groups excluding tert-OH is 1. The van der Waals surface area contributed by atoms with Crippen LogP contribution >= 0.6 is 27.3 Å². The molecule has 1 amide bonds. The standard InChI is InChI=1S/C13H19N3O3S.C7H8BrN/c1-8-10(6-17)20-13(15-8)12(16-11(19)7-18)9-4-2-3-5-14-9;1-9-7-4-2-6(8)3-5-7/h7,9,12,14,17H,2-6H2,1H3,(H,16,19);2-5,9H,1H3. The normalized spacial score (nSPS) is 16.9. The van der Waals surface area contributed by atoms with Crippen molar-refractivity contribution >= 4 is 45.1 Å². The van der Waals surface area contributed by atoms with Crippen LogP contribution in [-0.4, -0.2) is 41.9 Å². The van der Waals surface area contributed by atoms with Crippen LogP contribution in [0.15, 0.2) is 28.7 Å². The smallest absolute Gasteiger partial charge is 0.284 e. The van der Waals surface area contributed by atoms with Crippen LogP contribution in [0, 0.1) is 6.92 Å². The SMILES string of the molecule is CNc1ccc(Br)cc1.Cc1nc(C(NC(=O)C=O)C2CCCCN2)sc1CO. The van der Waals surface area contributed by atoms with E-state index in [9.17, 15) is 14.7 Å². The molecular weight excluding hydrogens is 456 g/mol. The van der Waals surface area contributed by atoms with Gasteiger partial charge in [0.1, 0.15) is 5.01 Å². The number of halogens is 1. The van der Waals surface area contributed by atoms with Crippen LogP contribution in [0.2, 0.25) is 0 Å². The summed E-state index contributed by atoms with van der Waals surface area (Å²) in [5, 5.41) is 19.1. The van der Waals surface area contributed by atoms with Crippen molar-refractivity contribution in [2.75, 3.05) is 18.9 Å². The fourth-order valence-electron chi connectivity index (χ4n) is 3.03. The number of thiazole rings is 1. The second-order valence-corrected chi connectivity index (χ2v) is 8.67. The fourth-order valence-corrected chi connectivity index (χ4v) is 4.34. The molecule has 0 aliphatic carbocycles. The molecule has 1 fully saturated rings. The van der Waals surface area contributed by atoms with Gasteiger partial charge in [0.25, 0.3) is 5.91 Å². The summed E-state index contributed by atoms with van der Waals surface area (Å²) in [6.45, 7) is 2.67. The van der Waals surface area contributed by atoms with E-state index in [1.54, 1.807) is 0 Å². The summed E-state index contributed by atoms with van der Waals surface area (Å²) in [5.74, 6) is -0.638. The number of aliphatic hydroxyl groups is 1. The molecule has 3 rings (SSSR count). The number of benzene rings is 1. The van der Waals surface area contributed by atoms with Gasteiger partial charge in [0.2, 0.25) is 6.29 Å². The van der Waals surface area contributed by atoms with Crippen molar-refractivity contribution in [1.29, 1.82) is 0 Å². The van der Waals surface area contributed by atoms with Crippen molar-refractivity contribution in [3.63, 3.8) is 0 Å². The van der Waals surface area contributed by atoms with Gasteiger partial charge in [0.15, 0.2) is 0 Å². The average molecular weight is 483 g/mol. The van der Waals surface area contributed by atoms with Crippen molar-refractivity contribution < 1.29 is 14.7 Å². The number of amides is 1. The Bertz CT molecular complexity index is 792. The van der Waals surface area contributed by atoms with Crippen molar-refractivity contribution in [3.8, 4) is 0 Å². The van der Waals surface area contributed by atoms with E-state index in [1.165, 1.54) is 11.3 Å². The van der Waals surface area contributed by atoms with Gasteiger partial charge in [0, 0.05) is 23.2 Å². The molecule has 2 aromatic rings. The minimum atomic E-state index is -0.638. The lowest BCUT2D eigenvalue weighted by Crippen LogP contribution is -2.46. The molecule has 2 atom stereocenters. The lowest BCUT2D eigenvalue weighted by atomic mass is 9.98. The number of hydrogen-bond acceptors (Lipinski definition) is 7. The van der Waals surface area contributed by atoms with Gasteiger partial charge in [-0.05, 0) is 50.6 Å². The van der Waals surface area contributed by atoms with Gasteiger partial charge < -0.3 is 21.1 Å². The number of aryl methyl sites for hydroxylation is 1. The number of rotatable bonds is 6. The minimum absolute atomic E-state index is 0.0596. The highest BCUT2D eigenvalue weighted by Gasteiger charge is 2.29. The number of nitrogens with zero attached hydrogens (tertiary/aromatic N) is 1. The monoisotopic (exact) mass is 482 g/mol. The predicted octanol–water partition coefficient (Wildman–Crippen LogP) is 2.93. The van der Waals surface area contributed by atoms with Crippen LogP contribution in [0.1, 0.15) is 40.9 Å². The zero-order chi connectivity index (χ0) is 21.2. The number of piperidine rings is 1. The largest absolute Gasteiger partial charge is 0.391 e. The molecule has 0 radical (unpaired) electrons. The molecule has 1 aromatic heterocycles. The third-order valence-electron chi connectivity index (χ3n) is 4.61. The molecule has 2 unspecified atom stereocenters. The Morgan fingerprint density at radius 2 is 2.14 bits per heavy atom. The highest BCUT2D eigenvalue weighted by molar-refractivity contribution is 9.10. The Morgan fingerprint density at radius 3 is 2.66 bits per heavy atom. The van der Waals surface area contributed by atoms with E-state index in [0.717, 1.165) is 51.5 Å². The molecule has 9 heteroatoms. The molecule has 29 heavy (non-hydrogen) atoms. The molecule has 1 saturated heterocycles. The molecule has 1 aromatic carbocycles. The number of anilines is 1. The van der Waals surface area contributed by atoms with E-state index in [0.29, 0.717) is 0 Å². The summed E-state index contributed by atoms with van der Waals surface area (Å²) < 4.78 is 1.11. The molecular formula is C20H27BrN4O3S. The highest BCUT2D eigenvalue weighted by atomic mass is 79.9. The summed E-state index contributed by atoms with van der Waals surface area (Å²) in [5.41, 5.74) is 1.91. The summed E-state index contributed by atoms with van der Waals surface area (Å²) in [6.07, 6.45) is 3.41. The molecule has 7 nitrogen and oxygen atoms in total. The first-order valence-corrected chi connectivity index (χ1v) is 11.1. The van der Waals surface area contributed by atoms with Gasteiger partial charge in [-0.2, -0.15) is 0 Å². The molecule has 2 heterocycles. The van der Waals surface area contributed by atoms with Gasteiger partial charge in [-0.15, -0.1) is 11.3 Å². The van der Waals surface area contributed by atoms with Crippen LogP contribution in [0.4, 0.5) is 5.69 Å². The Morgan fingerprint density at radius 1 is 1.41 bits per heavy atom. The number of hydrogen-bond donors (Lipinski definition) is 4.